The molecule has 1 aliphatic rings. The summed E-state index contributed by atoms with van der Waals surface area (Å²) < 4.78 is 1.12. The number of anilines is 1. The van der Waals surface area contributed by atoms with Crippen LogP contribution in [0.3, 0.4) is 0 Å². The predicted molar refractivity (Wildman–Crippen MR) is 80.4 cm³/mol. The Morgan fingerprint density at radius 2 is 2.00 bits per heavy atom. The second kappa shape index (κ2) is 5.22. The van der Waals surface area contributed by atoms with Gasteiger partial charge in [0.15, 0.2) is 0 Å². The molecule has 0 spiro atoms. The molecule has 1 aromatic carbocycles. The van der Waals surface area contributed by atoms with Gasteiger partial charge in [-0.1, -0.05) is 30.3 Å². The SMILES string of the molecule is Ic1cncnc1N(Cc1ccccc1)C1CC1. The zero-order valence-electron chi connectivity index (χ0n) is 9.96. The van der Waals surface area contributed by atoms with Gasteiger partial charge in [0.2, 0.25) is 0 Å². The molecule has 1 aliphatic carbocycles. The minimum atomic E-state index is 0.647. The Balaban J connectivity index is 1.87. The third-order valence-electron chi connectivity index (χ3n) is 3.10. The van der Waals surface area contributed by atoms with Crippen LogP contribution in [0.1, 0.15) is 18.4 Å². The number of aromatic nitrogens is 2. The van der Waals surface area contributed by atoms with Gasteiger partial charge < -0.3 is 4.90 Å². The summed E-state index contributed by atoms with van der Waals surface area (Å²) >= 11 is 2.31. The molecule has 0 aliphatic heterocycles. The van der Waals surface area contributed by atoms with E-state index in [1.54, 1.807) is 6.33 Å². The van der Waals surface area contributed by atoms with E-state index in [0.29, 0.717) is 6.04 Å². The van der Waals surface area contributed by atoms with E-state index in [1.165, 1.54) is 18.4 Å². The van der Waals surface area contributed by atoms with Crippen LogP contribution in [-0.4, -0.2) is 16.0 Å². The van der Waals surface area contributed by atoms with Gasteiger partial charge in [-0.2, -0.15) is 0 Å². The maximum absolute atomic E-state index is 4.44. The smallest absolute Gasteiger partial charge is 0.146 e. The van der Waals surface area contributed by atoms with Crippen molar-refractivity contribution in [2.24, 2.45) is 0 Å². The van der Waals surface area contributed by atoms with Crippen molar-refractivity contribution >= 4 is 28.4 Å². The van der Waals surface area contributed by atoms with Gasteiger partial charge in [0.05, 0.1) is 3.57 Å². The van der Waals surface area contributed by atoms with Gasteiger partial charge in [-0.05, 0) is 41.0 Å². The molecule has 92 valence electrons. The highest BCUT2D eigenvalue weighted by molar-refractivity contribution is 14.1. The molecule has 1 aromatic heterocycles. The molecule has 4 heteroatoms. The highest BCUT2D eigenvalue weighted by Gasteiger charge is 2.31. The lowest BCUT2D eigenvalue weighted by Crippen LogP contribution is -2.26. The summed E-state index contributed by atoms with van der Waals surface area (Å²) in [7, 11) is 0. The molecule has 3 nitrogen and oxygen atoms in total. The van der Waals surface area contributed by atoms with Gasteiger partial charge in [0, 0.05) is 18.8 Å². The molecule has 0 atom stereocenters. The van der Waals surface area contributed by atoms with Crippen LogP contribution >= 0.6 is 22.6 Å². The van der Waals surface area contributed by atoms with E-state index in [4.69, 9.17) is 0 Å². The monoisotopic (exact) mass is 351 g/mol. The minimum absolute atomic E-state index is 0.647. The van der Waals surface area contributed by atoms with Gasteiger partial charge in [0.1, 0.15) is 12.1 Å². The average molecular weight is 351 g/mol. The first-order valence-corrected chi connectivity index (χ1v) is 7.18. The molecule has 1 saturated carbocycles. The summed E-state index contributed by atoms with van der Waals surface area (Å²) in [5.41, 5.74) is 1.33. The van der Waals surface area contributed by atoms with Crippen molar-refractivity contribution < 1.29 is 0 Å². The van der Waals surface area contributed by atoms with Gasteiger partial charge in [-0.3, -0.25) is 0 Å². The molecule has 3 rings (SSSR count). The lowest BCUT2D eigenvalue weighted by atomic mass is 10.2. The quantitative estimate of drug-likeness (QED) is 0.792. The third-order valence-corrected chi connectivity index (χ3v) is 3.86. The highest BCUT2D eigenvalue weighted by Crippen LogP contribution is 2.33. The molecule has 0 saturated heterocycles. The average Bonchev–Trinajstić information content (AvgIpc) is 3.23. The lowest BCUT2D eigenvalue weighted by molar-refractivity contribution is 0.772. The van der Waals surface area contributed by atoms with Crippen molar-refractivity contribution in [2.75, 3.05) is 4.90 Å². The zero-order chi connectivity index (χ0) is 12.4. The number of benzene rings is 1. The standard InChI is InChI=1S/C14H14IN3/c15-13-8-16-10-17-14(13)18(12-6-7-12)9-11-4-2-1-3-5-11/h1-5,8,10,12H,6-7,9H2. The van der Waals surface area contributed by atoms with Crippen molar-refractivity contribution in [3.05, 3.63) is 52.0 Å². The van der Waals surface area contributed by atoms with Crippen molar-refractivity contribution in [2.45, 2.75) is 25.4 Å². The second-order valence-electron chi connectivity index (χ2n) is 4.54. The Hall–Kier alpha value is -1.17. The van der Waals surface area contributed by atoms with Crippen LogP contribution < -0.4 is 4.90 Å². The number of rotatable bonds is 4. The Bertz CT molecular complexity index is 526. The molecular weight excluding hydrogens is 337 g/mol. The summed E-state index contributed by atoms with van der Waals surface area (Å²) in [5.74, 6) is 1.07. The molecular formula is C14H14IN3. The summed E-state index contributed by atoms with van der Waals surface area (Å²) in [4.78, 5) is 10.9. The highest BCUT2D eigenvalue weighted by atomic mass is 127. The van der Waals surface area contributed by atoms with E-state index in [2.05, 4.69) is 67.8 Å². The molecule has 1 fully saturated rings. The van der Waals surface area contributed by atoms with Gasteiger partial charge in [0.25, 0.3) is 0 Å². The first-order valence-electron chi connectivity index (χ1n) is 6.10. The predicted octanol–water partition coefficient (Wildman–Crippen LogP) is 3.25. The molecule has 18 heavy (non-hydrogen) atoms. The molecule has 0 bridgehead atoms. The Morgan fingerprint density at radius 3 is 2.67 bits per heavy atom. The number of hydrogen-bond acceptors (Lipinski definition) is 3. The van der Waals surface area contributed by atoms with Gasteiger partial charge >= 0.3 is 0 Å². The summed E-state index contributed by atoms with van der Waals surface area (Å²) in [5, 5.41) is 0. The number of nitrogens with zero attached hydrogens (tertiary/aromatic N) is 3. The second-order valence-corrected chi connectivity index (χ2v) is 5.70. The van der Waals surface area contributed by atoms with Crippen molar-refractivity contribution in [3.8, 4) is 0 Å². The van der Waals surface area contributed by atoms with E-state index in [0.717, 1.165) is 15.9 Å². The van der Waals surface area contributed by atoms with Crippen molar-refractivity contribution in [1.82, 2.24) is 9.97 Å². The fourth-order valence-electron chi connectivity index (χ4n) is 2.06. The van der Waals surface area contributed by atoms with E-state index < -0.39 is 0 Å². The number of hydrogen-bond donors (Lipinski definition) is 0. The van der Waals surface area contributed by atoms with E-state index in [-0.39, 0.29) is 0 Å². The molecule has 0 N–H and O–H groups in total. The Morgan fingerprint density at radius 1 is 1.22 bits per heavy atom. The first kappa shape index (κ1) is 11.9. The zero-order valence-corrected chi connectivity index (χ0v) is 12.1. The van der Waals surface area contributed by atoms with Crippen LogP contribution in [0.4, 0.5) is 5.82 Å². The Kier molecular flexibility index (Phi) is 3.45. The maximum atomic E-state index is 4.44. The normalized spacial score (nSPS) is 14.5. The molecule has 2 aromatic rings. The van der Waals surface area contributed by atoms with Gasteiger partial charge in [-0.15, -0.1) is 0 Å². The maximum Gasteiger partial charge on any atom is 0.146 e. The first-order chi connectivity index (χ1) is 8.84. The van der Waals surface area contributed by atoms with Crippen LogP contribution in [0, 0.1) is 3.57 Å². The van der Waals surface area contributed by atoms with Crippen LogP contribution in [0.15, 0.2) is 42.9 Å². The minimum Gasteiger partial charge on any atom is -0.348 e. The molecule has 1 heterocycles. The summed E-state index contributed by atoms with van der Waals surface area (Å²) in [6, 6.07) is 11.2. The number of halogens is 1. The van der Waals surface area contributed by atoms with Gasteiger partial charge in [-0.25, -0.2) is 9.97 Å². The third kappa shape index (κ3) is 2.63. The van der Waals surface area contributed by atoms with E-state index in [1.807, 2.05) is 6.20 Å². The van der Waals surface area contributed by atoms with E-state index >= 15 is 0 Å². The lowest BCUT2D eigenvalue weighted by Gasteiger charge is -2.24. The fraction of sp³-hybridized carbons (Fsp3) is 0.286. The van der Waals surface area contributed by atoms with Crippen LogP contribution in [0.2, 0.25) is 0 Å². The van der Waals surface area contributed by atoms with Crippen molar-refractivity contribution in [1.29, 1.82) is 0 Å². The summed E-state index contributed by atoms with van der Waals surface area (Å²) in [6.07, 6.45) is 6.06. The van der Waals surface area contributed by atoms with Crippen molar-refractivity contribution in [3.63, 3.8) is 0 Å². The largest absolute Gasteiger partial charge is 0.348 e. The van der Waals surface area contributed by atoms with Crippen LogP contribution in [0.5, 0.6) is 0 Å². The topological polar surface area (TPSA) is 29.0 Å². The van der Waals surface area contributed by atoms with E-state index in [9.17, 15) is 0 Å². The molecule has 0 radical (unpaired) electrons. The molecule has 0 amide bonds. The Labute approximate surface area is 120 Å². The van der Waals surface area contributed by atoms with Crippen LogP contribution in [0.25, 0.3) is 0 Å². The summed E-state index contributed by atoms with van der Waals surface area (Å²) in [6.45, 7) is 0.929. The fourth-order valence-corrected chi connectivity index (χ4v) is 2.67. The molecule has 0 unspecified atom stereocenters. The van der Waals surface area contributed by atoms with Crippen LogP contribution in [-0.2, 0) is 6.54 Å².